The van der Waals surface area contributed by atoms with E-state index in [1.54, 1.807) is 0 Å². The van der Waals surface area contributed by atoms with E-state index in [-0.39, 0.29) is 133 Å². The minimum atomic E-state index is -0.548. The van der Waals surface area contributed by atoms with Crippen molar-refractivity contribution in [1.29, 1.82) is 0 Å². The maximum atomic E-state index is 7.34. The Kier molecular flexibility index (Phi) is 20.3. The van der Waals surface area contributed by atoms with Crippen LogP contribution in [-0.2, 0) is 52.1 Å². The summed E-state index contributed by atoms with van der Waals surface area (Å²) in [6.07, 6.45) is 1.49. The summed E-state index contributed by atoms with van der Waals surface area (Å²) in [5, 5.41) is 0. The monoisotopic (exact) mass is 965 g/mol. The van der Waals surface area contributed by atoms with Gasteiger partial charge < -0.3 is 52.1 Å². The molecule has 11 heteroatoms. The van der Waals surface area contributed by atoms with E-state index in [0.29, 0.717) is 35.5 Å². The molecule has 11 nitrogen and oxygen atoms in total. The Hall–Kier alpha value is -0.440. The van der Waals surface area contributed by atoms with Crippen LogP contribution < -0.4 is 0 Å². The molecule has 0 N–H and O–H groups in total. The molecule has 0 amide bonds. The molecule has 0 radical (unpaired) electrons. The van der Waals surface area contributed by atoms with Crippen molar-refractivity contribution in [2.75, 3.05) is 0 Å². The van der Waals surface area contributed by atoms with Gasteiger partial charge in [-0.1, -0.05) is 138 Å². The fraction of sp³-hybridized carbons (Fsp3) is 1.00. The first kappa shape index (κ1) is 56.8. The topological polar surface area (TPSA) is 102 Å². The van der Waals surface area contributed by atoms with Gasteiger partial charge in [0.15, 0.2) is 31.5 Å². The van der Waals surface area contributed by atoms with Crippen molar-refractivity contribution in [2.45, 2.75) is 282 Å². The molecule has 0 aromatic rings. The summed E-state index contributed by atoms with van der Waals surface area (Å²) in [6.45, 7) is 47.4. The highest BCUT2D eigenvalue weighted by Crippen LogP contribution is 2.47. The predicted octanol–water partition coefficient (Wildman–Crippen LogP) is 12.3. The summed E-state index contributed by atoms with van der Waals surface area (Å²) >= 11 is 0. The van der Waals surface area contributed by atoms with Gasteiger partial charge >= 0.3 is 0 Å². The normalized spacial score (nSPS) is 52.9. The first-order valence-electron chi connectivity index (χ1n) is 28.3. The van der Waals surface area contributed by atoms with E-state index in [9.17, 15) is 0 Å². The number of hydrogen-bond donors (Lipinski definition) is 0. The summed E-state index contributed by atoms with van der Waals surface area (Å²) in [6, 6.07) is 0. The second-order valence-corrected chi connectivity index (χ2v) is 24.0. The van der Waals surface area contributed by atoms with Crippen LogP contribution >= 0.6 is 0 Å². The Morgan fingerprint density at radius 1 is 0.279 bits per heavy atom. The van der Waals surface area contributed by atoms with Gasteiger partial charge in [-0.15, -0.1) is 0 Å². The van der Waals surface area contributed by atoms with E-state index in [2.05, 4.69) is 145 Å². The average molecular weight is 965 g/mol. The third-order valence-corrected chi connectivity index (χ3v) is 19.6. The molecule has 6 saturated heterocycles. The van der Waals surface area contributed by atoms with Crippen molar-refractivity contribution in [1.82, 2.24) is 0 Å². The summed E-state index contributed by atoms with van der Waals surface area (Å²) in [7, 11) is 0. The maximum absolute atomic E-state index is 7.34. The van der Waals surface area contributed by atoms with Crippen molar-refractivity contribution < 1.29 is 52.1 Å². The van der Waals surface area contributed by atoms with Crippen LogP contribution in [0.2, 0.25) is 0 Å². The summed E-state index contributed by atoms with van der Waals surface area (Å²) < 4.78 is 77.2. The van der Waals surface area contributed by atoms with E-state index in [1.165, 1.54) is 0 Å². The van der Waals surface area contributed by atoms with Crippen LogP contribution in [0.25, 0.3) is 0 Å². The Labute approximate surface area is 415 Å². The standard InChI is InChI=1S/C57H104O11/c1-22-42-30(10)31(11)52(68-53-35(15)28(8)29(9)41(21)58-53)57(62-42)65-49-38(18)44(24-3)60-55(40(49)20)64-48-37(17)43(23-2)61-56(39(48)19)67-51-34(14)36(16)54(63-46(51)26-5)66-50-33(13)32(12)47(27(6)7)59-45(50)25-4/h27-57H,22-26H2,1-21H3/t28?,29-,30+,31-,32?,33+,34+,35-,36?,37-,38-,39?,40?,41?,42?,43?,44?,45?,46?,47?,48-,49-,50-,51+,52?,53-,54-,55-,56+,57-/m0/s1. The highest BCUT2D eigenvalue weighted by atomic mass is 16.8. The Morgan fingerprint density at radius 3 is 1.10 bits per heavy atom. The van der Waals surface area contributed by atoms with E-state index < -0.39 is 18.9 Å². The van der Waals surface area contributed by atoms with Gasteiger partial charge in [0.05, 0.1) is 67.1 Å². The van der Waals surface area contributed by atoms with Crippen LogP contribution in [0.4, 0.5) is 0 Å². The Morgan fingerprint density at radius 2 is 0.618 bits per heavy atom. The third kappa shape index (κ3) is 11.6. The summed E-state index contributed by atoms with van der Waals surface area (Å²) in [5.41, 5.74) is 0. The third-order valence-electron chi connectivity index (χ3n) is 19.6. The Bertz CT molecular complexity index is 1510. The zero-order chi connectivity index (χ0) is 50.2. The molecule has 6 aliphatic rings. The fourth-order valence-corrected chi connectivity index (χ4v) is 13.4. The first-order chi connectivity index (χ1) is 32.1. The van der Waals surface area contributed by atoms with Crippen LogP contribution in [0.3, 0.4) is 0 Å². The molecule has 6 rings (SSSR count). The van der Waals surface area contributed by atoms with Gasteiger partial charge in [0.1, 0.15) is 6.10 Å². The van der Waals surface area contributed by atoms with Crippen LogP contribution in [0.15, 0.2) is 0 Å². The Balaban J connectivity index is 1.18. The van der Waals surface area contributed by atoms with Crippen molar-refractivity contribution in [2.24, 2.45) is 82.9 Å². The van der Waals surface area contributed by atoms with Gasteiger partial charge in [0.2, 0.25) is 0 Å². The molecule has 6 aliphatic heterocycles. The van der Waals surface area contributed by atoms with E-state index in [0.717, 1.165) is 32.1 Å². The molecular formula is C57H104O11. The lowest BCUT2D eigenvalue weighted by Gasteiger charge is -2.53. The molecule has 0 aromatic carbocycles. The lowest BCUT2D eigenvalue weighted by atomic mass is 9.77. The minimum absolute atomic E-state index is 0.0296. The number of hydrogen-bond acceptors (Lipinski definition) is 11. The molecule has 0 aromatic heterocycles. The van der Waals surface area contributed by atoms with Crippen molar-refractivity contribution in [3.8, 4) is 0 Å². The fourth-order valence-electron chi connectivity index (χ4n) is 13.4. The lowest BCUT2D eigenvalue weighted by Crippen LogP contribution is -2.60. The van der Waals surface area contributed by atoms with E-state index >= 15 is 0 Å². The SMILES string of the molecule is CCC1OC(C(C)C)C(C)[C@@H](C)[C@@H]1O[C@@H]1OC(CC)[C@H](O[C@H]2OC(CC)[C@H](C)[C@H](O[C@@H]3OC(CC)[C@H](C)[C@H](O[C@@H]4OC(CC)[C@H](C)[C@H](C)C4O[C@@H]4OC(C)[C@@H](C)C(C)[C@@H]4C)C3C)C2C)[C@H](C)C1C. The first-order valence-corrected chi connectivity index (χ1v) is 28.3. The minimum Gasteiger partial charge on any atom is -0.372 e. The quantitative estimate of drug-likeness (QED) is 0.148. The van der Waals surface area contributed by atoms with Crippen LogP contribution in [0, 0.1) is 82.9 Å². The molecule has 6 heterocycles. The van der Waals surface area contributed by atoms with Gasteiger partial charge in [-0.25, -0.2) is 0 Å². The van der Waals surface area contributed by atoms with Gasteiger partial charge in [-0.05, 0) is 86.4 Å². The zero-order valence-electron chi connectivity index (χ0n) is 46.9. The molecule has 6 fully saturated rings. The smallest absolute Gasteiger partial charge is 0.184 e. The second kappa shape index (κ2) is 24.3. The van der Waals surface area contributed by atoms with E-state index in [1.807, 2.05) is 0 Å². The molecule has 398 valence electrons. The van der Waals surface area contributed by atoms with Gasteiger partial charge in [0.25, 0.3) is 0 Å². The van der Waals surface area contributed by atoms with Gasteiger partial charge in [-0.3, -0.25) is 0 Å². The predicted molar refractivity (Wildman–Crippen MR) is 267 cm³/mol. The van der Waals surface area contributed by atoms with Crippen molar-refractivity contribution >= 4 is 0 Å². The second-order valence-electron chi connectivity index (χ2n) is 24.0. The molecule has 30 atom stereocenters. The van der Waals surface area contributed by atoms with Crippen LogP contribution in [0.5, 0.6) is 0 Å². The highest BCUT2D eigenvalue weighted by Gasteiger charge is 2.54. The lowest BCUT2D eigenvalue weighted by molar-refractivity contribution is -0.373. The molecule has 0 spiro atoms. The van der Waals surface area contributed by atoms with Crippen molar-refractivity contribution in [3.05, 3.63) is 0 Å². The summed E-state index contributed by atoms with van der Waals surface area (Å²) in [5.74, 6) is 3.23. The largest absolute Gasteiger partial charge is 0.372 e. The average Bonchev–Trinajstić information content (AvgIpc) is 3.31. The van der Waals surface area contributed by atoms with Crippen molar-refractivity contribution in [3.63, 3.8) is 0 Å². The van der Waals surface area contributed by atoms with Crippen LogP contribution in [-0.4, -0.2) is 105 Å². The summed E-state index contributed by atoms with van der Waals surface area (Å²) in [4.78, 5) is 0. The van der Waals surface area contributed by atoms with Crippen LogP contribution in [0.1, 0.15) is 178 Å². The maximum Gasteiger partial charge on any atom is 0.184 e. The molecule has 0 saturated carbocycles. The zero-order valence-corrected chi connectivity index (χ0v) is 46.9. The highest BCUT2D eigenvalue weighted by molar-refractivity contribution is 4.96. The van der Waals surface area contributed by atoms with Gasteiger partial charge in [-0.2, -0.15) is 0 Å². The number of rotatable bonds is 16. The molecule has 0 aliphatic carbocycles. The number of ether oxygens (including phenoxy) is 11. The molecular weight excluding hydrogens is 861 g/mol. The van der Waals surface area contributed by atoms with Gasteiger partial charge in [0, 0.05) is 35.5 Å². The molecule has 13 unspecified atom stereocenters. The van der Waals surface area contributed by atoms with E-state index in [4.69, 9.17) is 52.1 Å². The molecule has 0 bridgehead atoms. The molecule has 68 heavy (non-hydrogen) atoms.